The van der Waals surface area contributed by atoms with E-state index in [9.17, 15) is 14.9 Å². The summed E-state index contributed by atoms with van der Waals surface area (Å²) in [5.41, 5.74) is 1.54. The Morgan fingerprint density at radius 1 is 1.17 bits per heavy atom. The number of fused-ring (bicyclic) bond motifs is 1. The normalized spacial score (nSPS) is 10.5. The van der Waals surface area contributed by atoms with Crippen molar-refractivity contribution in [2.24, 2.45) is 0 Å². The predicted octanol–water partition coefficient (Wildman–Crippen LogP) is 3.38. The molecule has 0 aliphatic rings. The summed E-state index contributed by atoms with van der Waals surface area (Å²) in [4.78, 5) is 22.7. The van der Waals surface area contributed by atoms with E-state index in [4.69, 9.17) is 9.83 Å². The minimum Gasteiger partial charge on any atom is -0.438 e. The molecule has 1 aromatic heterocycles. The molecule has 0 aliphatic heterocycles. The summed E-state index contributed by atoms with van der Waals surface area (Å²) in [5.74, 6) is -0.513. The monoisotopic (exact) mass is 323 g/mol. The van der Waals surface area contributed by atoms with E-state index >= 15 is 0 Å². The summed E-state index contributed by atoms with van der Waals surface area (Å²) in [5, 5.41) is 21.8. The van der Waals surface area contributed by atoms with E-state index in [-0.39, 0.29) is 16.8 Å². The van der Waals surface area contributed by atoms with Gasteiger partial charge in [-0.1, -0.05) is 17.7 Å². The molecule has 2 aromatic carbocycles. The van der Waals surface area contributed by atoms with Gasteiger partial charge in [0.15, 0.2) is 0 Å². The number of nitro groups is 1. The molecule has 0 spiro atoms. The molecule has 1 heterocycles. The Hall–Kier alpha value is -3.48. The number of nitrogens with one attached hydrogen (secondary N) is 2. The predicted molar refractivity (Wildman–Crippen MR) is 87.9 cm³/mol. The molecule has 3 aromatic rings. The highest BCUT2D eigenvalue weighted by Gasteiger charge is 2.14. The average molecular weight is 323 g/mol. The maximum absolute atomic E-state index is 12.4. The van der Waals surface area contributed by atoms with Crippen molar-refractivity contribution in [2.45, 2.75) is 6.92 Å². The van der Waals surface area contributed by atoms with Crippen LogP contribution in [0.25, 0.3) is 11.0 Å². The minimum atomic E-state index is -0.528. The first-order valence-corrected chi connectivity index (χ1v) is 7.09. The highest BCUT2D eigenvalue weighted by molar-refractivity contribution is 6.05. The summed E-state index contributed by atoms with van der Waals surface area (Å²) in [6, 6.07) is 12.6. The topological polar surface area (TPSA) is 109 Å². The van der Waals surface area contributed by atoms with Crippen molar-refractivity contribution in [1.29, 1.82) is 5.41 Å². The van der Waals surface area contributed by atoms with E-state index < -0.39 is 10.8 Å². The van der Waals surface area contributed by atoms with Crippen molar-refractivity contribution >= 4 is 28.3 Å². The van der Waals surface area contributed by atoms with Crippen LogP contribution in [0.15, 0.2) is 52.9 Å². The summed E-state index contributed by atoms with van der Waals surface area (Å²) < 4.78 is 5.29. The van der Waals surface area contributed by atoms with Crippen LogP contribution in [0.1, 0.15) is 15.9 Å². The Balaban J connectivity index is 1.99. The Bertz CT molecular complexity index is 1010. The number of carbonyl (C=O) groups excluding carboxylic acids is 1. The lowest BCUT2D eigenvalue weighted by atomic mass is 10.1. The Morgan fingerprint density at radius 3 is 2.54 bits per heavy atom. The molecule has 3 rings (SSSR count). The van der Waals surface area contributed by atoms with Crippen LogP contribution in [0.3, 0.4) is 0 Å². The quantitative estimate of drug-likeness (QED) is 0.568. The number of benzene rings is 2. The third kappa shape index (κ3) is 3.00. The number of anilines is 1. The molecule has 0 saturated heterocycles. The van der Waals surface area contributed by atoms with Gasteiger partial charge in [0.25, 0.3) is 11.6 Å². The highest BCUT2D eigenvalue weighted by Crippen LogP contribution is 2.21. The fraction of sp³-hybridized carbons (Fsp3) is 0.0588. The van der Waals surface area contributed by atoms with Crippen LogP contribution >= 0.6 is 0 Å². The summed E-state index contributed by atoms with van der Waals surface area (Å²) in [6.45, 7) is 1.93. The Kier molecular flexibility index (Phi) is 3.83. The van der Waals surface area contributed by atoms with Crippen molar-refractivity contribution in [3.63, 3.8) is 0 Å². The third-order valence-corrected chi connectivity index (χ3v) is 3.51. The van der Waals surface area contributed by atoms with Crippen LogP contribution < -0.4 is 10.9 Å². The van der Waals surface area contributed by atoms with Crippen molar-refractivity contribution in [3.05, 3.63) is 75.3 Å². The number of amides is 1. The van der Waals surface area contributed by atoms with Gasteiger partial charge in [0, 0.05) is 23.2 Å². The average Bonchev–Trinajstić information content (AvgIpc) is 2.55. The molecule has 7 nitrogen and oxygen atoms in total. The van der Waals surface area contributed by atoms with Crippen LogP contribution in [0.5, 0.6) is 0 Å². The molecule has 2 N–H and O–H groups in total. The van der Waals surface area contributed by atoms with Gasteiger partial charge in [-0.15, -0.1) is 0 Å². The maximum Gasteiger partial charge on any atom is 0.270 e. The second-order valence-electron chi connectivity index (χ2n) is 5.29. The third-order valence-electron chi connectivity index (χ3n) is 3.51. The Morgan fingerprint density at radius 2 is 1.88 bits per heavy atom. The fourth-order valence-corrected chi connectivity index (χ4v) is 2.25. The molecule has 0 bridgehead atoms. The van der Waals surface area contributed by atoms with Gasteiger partial charge in [-0.3, -0.25) is 20.3 Å². The lowest BCUT2D eigenvalue weighted by Crippen LogP contribution is -2.20. The largest absolute Gasteiger partial charge is 0.438 e. The number of rotatable bonds is 3. The molecule has 0 radical (unpaired) electrons. The summed E-state index contributed by atoms with van der Waals surface area (Å²) in [7, 11) is 0. The maximum atomic E-state index is 12.4. The highest BCUT2D eigenvalue weighted by atomic mass is 16.6. The zero-order chi connectivity index (χ0) is 17.3. The minimum absolute atomic E-state index is 0.00331. The zero-order valence-corrected chi connectivity index (χ0v) is 12.7. The second kappa shape index (κ2) is 5.96. The van der Waals surface area contributed by atoms with Crippen LogP contribution in [0.2, 0.25) is 0 Å². The molecule has 0 fully saturated rings. The van der Waals surface area contributed by atoms with Gasteiger partial charge in [-0.2, -0.15) is 0 Å². The number of carbonyl (C=O) groups is 1. The van der Waals surface area contributed by atoms with Crippen LogP contribution in [0, 0.1) is 22.4 Å². The number of non-ortho nitro benzene ring substituents is 1. The van der Waals surface area contributed by atoms with E-state index in [1.807, 2.05) is 19.1 Å². The number of hydrogen-bond donors (Lipinski definition) is 2. The van der Waals surface area contributed by atoms with Gasteiger partial charge in [0.2, 0.25) is 5.55 Å². The van der Waals surface area contributed by atoms with Crippen molar-refractivity contribution in [3.8, 4) is 0 Å². The van der Waals surface area contributed by atoms with Gasteiger partial charge in [-0.05, 0) is 31.2 Å². The number of hydrogen-bond acceptors (Lipinski definition) is 5. The molecule has 1 amide bonds. The van der Waals surface area contributed by atoms with Crippen molar-refractivity contribution in [1.82, 2.24) is 0 Å². The smallest absolute Gasteiger partial charge is 0.270 e. The molecule has 0 atom stereocenters. The second-order valence-corrected chi connectivity index (χ2v) is 5.29. The fourth-order valence-electron chi connectivity index (χ4n) is 2.25. The van der Waals surface area contributed by atoms with Gasteiger partial charge < -0.3 is 9.73 Å². The molecule has 0 saturated carbocycles. The summed E-state index contributed by atoms with van der Waals surface area (Å²) in [6.07, 6.45) is 0. The van der Waals surface area contributed by atoms with Gasteiger partial charge in [0.1, 0.15) is 11.1 Å². The molecular formula is C17H13N3O4. The lowest BCUT2D eigenvalue weighted by Gasteiger charge is -2.06. The van der Waals surface area contributed by atoms with Crippen molar-refractivity contribution in [2.75, 3.05) is 5.32 Å². The first-order valence-electron chi connectivity index (χ1n) is 7.09. The SMILES string of the molecule is Cc1ccc(NC(=O)c2cc3cc([N+](=O)[O-])ccc3oc2=N)cc1. The van der Waals surface area contributed by atoms with Crippen LogP contribution in [0.4, 0.5) is 11.4 Å². The first kappa shape index (κ1) is 15.4. The van der Waals surface area contributed by atoms with Gasteiger partial charge >= 0.3 is 0 Å². The molecule has 7 heteroatoms. The lowest BCUT2D eigenvalue weighted by molar-refractivity contribution is -0.384. The molecule has 0 aliphatic carbocycles. The van der Waals surface area contributed by atoms with E-state index in [0.717, 1.165) is 5.56 Å². The molecule has 120 valence electrons. The van der Waals surface area contributed by atoms with E-state index in [1.54, 1.807) is 12.1 Å². The van der Waals surface area contributed by atoms with Crippen LogP contribution in [-0.2, 0) is 0 Å². The molecular weight excluding hydrogens is 310 g/mol. The van der Waals surface area contributed by atoms with Gasteiger partial charge in [0.05, 0.1) is 4.92 Å². The molecule has 0 unspecified atom stereocenters. The first-order chi connectivity index (χ1) is 11.4. The number of aryl methyl sites for hydroxylation is 1. The van der Waals surface area contributed by atoms with Crippen molar-refractivity contribution < 1.29 is 14.1 Å². The number of nitro benzene ring substituents is 1. The van der Waals surface area contributed by atoms with Crippen LogP contribution in [-0.4, -0.2) is 10.8 Å². The van der Waals surface area contributed by atoms with E-state index in [2.05, 4.69) is 5.32 Å². The number of nitrogens with zero attached hydrogens (tertiary/aromatic N) is 1. The Labute approximate surface area is 136 Å². The zero-order valence-electron chi connectivity index (χ0n) is 12.7. The van der Waals surface area contributed by atoms with Gasteiger partial charge in [-0.25, -0.2) is 0 Å². The standard InChI is InChI=1S/C17H13N3O4/c1-10-2-4-12(5-3-10)19-17(21)14-9-11-8-13(20(22)23)6-7-15(11)24-16(14)18/h2-9,18H,1H3,(H,19,21). The molecule has 24 heavy (non-hydrogen) atoms. The van der Waals surface area contributed by atoms with E-state index in [1.165, 1.54) is 24.3 Å². The van der Waals surface area contributed by atoms with E-state index in [0.29, 0.717) is 16.7 Å². The summed E-state index contributed by atoms with van der Waals surface area (Å²) >= 11 is 0.